The van der Waals surface area contributed by atoms with Crippen LogP contribution < -0.4 is 31.9 Å². The normalized spacial score (nSPS) is 23.0. The summed E-state index contributed by atoms with van der Waals surface area (Å²) in [6.45, 7) is 31.8. The number of hydrogen-bond acceptors (Lipinski definition) is 8. The number of aromatic nitrogens is 3. The van der Waals surface area contributed by atoms with Gasteiger partial charge in [-0.2, -0.15) is 5.10 Å². The summed E-state index contributed by atoms with van der Waals surface area (Å²) in [6, 6.07) is 28.6. The van der Waals surface area contributed by atoms with Gasteiger partial charge in [-0.1, -0.05) is 132 Å². The fourth-order valence-electron chi connectivity index (χ4n) is 14.3. The number of benzene rings is 3. The first kappa shape index (κ1) is 53.9. The van der Waals surface area contributed by atoms with E-state index in [4.69, 9.17) is 0 Å². The summed E-state index contributed by atoms with van der Waals surface area (Å²) in [7, 11) is 0. The van der Waals surface area contributed by atoms with Gasteiger partial charge in [-0.25, -0.2) is 9.67 Å². The highest BCUT2D eigenvalue weighted by Gasteiger charge is 2.39. The van der Waals surface area contributed by atoms with E-state index in [9.17, 15) is 0 Å². The van der Waals surface area contributed by atoms with Gasteiger partial charge in [0.25, 0.3) is 0 Å². The summed E-state index contributed by atoms with van der Waals surface area (Å²) < 4.78 is 1.98. The molecule has 6 atom stereocenters. The molecule has 3 fully saturated rings. The molecule has 9 nitrogen and oxygen atoms in total. The minimum Gasteiger partial charge on any atom is -0.370 e. The topological polar surface area (TPSA) is 103 Å². The molecule has 1 aromatic heterocycles. The van der Waals surface area contributed by atoms with Gasteiger partial charge in [-0.05, 0) is 196 Å². The molecule has 0 amide bonds. The second kappa shape index (κ2) is 23.5. The second-order valence-electron chi connectivity index (χ2n) is 24.5. The number of hydrogen-bond donors (Lipinski definition) is 6. The SMILES string of the molecule is C=C(NC1CCCC(C)(C)C1)NC(C)C1=C(C)c2ccccc2C1.C=C(NC1CCCC2(CCCC2)C1)NC(C)C1=C(C)c2ccccc2C1.C=C(NC1CCc2ncnn2C1)NC(C)C1=C(C)c2ccccc2C1. The number of fused-ring (bicyclic) bond motifs is 4. The zero-order chi connectivity index (χ0) is 52.9. The minimum atomic E-state index is 0.262. The van der Waals surface area contributed by atoms with Gasteiger partial charge < -0.3 is 31.9 Å². The van der Waals surface area contributed by atoms with E-state index < -0.39 is 0 Å². The average molecular weight is 1010 g/mol. The lowest BCUT2D eigenvalue weighted by molar-refractivity contribution is 0.164. The molecule has 1 aliphatic heterocycles. The molecule has 3 aromatic carbocycles. The van der Waals surface area contributed by atoms with Crippen molar-refractivity contribution in [1.82, 2.24) is 46.7 Å². The monoisotopic (exact) mass is 1010 g/mol. The van der Waals surface area contributed by atoms with Crippen molar-refractivity contribution in [1.29, 1.82) is 0 Å². The third-order valence-corrected chi connectivity index (χ3v) is 18.3. The maximum absolute atomic E-state index is 4.30. The van der Waals surface area contributed by atoms with Crippen molar-refractivity contribution in [3.05, 3.63) is 172 Å². The van der Waals surface area contributed by atoms with Crippen LogP contribution in [0.2, 0.25) is 0 Å². The summed E-state index contributed by atoms with van der Waals surface area (Å²) in [6.07, 6.45) is 23.2. The Hall–Kier alpha value is -5.96. The van der Waals surface area contributed by atoms with Crippen LogP contribution >= 0.6 is 0 Å². The zero-order valence-electron chi connectivity index (χ0n) is 47.2. The highest BCUT2D eigenvalue weighted by Crippen LogP contribution is 2.49. The molecule has 6 N–H and O–H groups in total. The highest BCUT2D eigenvalue weighted by molar-refractivity contribution is 5.77. The lowest BCUT2D eigenvalue weighted by atomic mass is 9.71. The molecule has 6 unspecified atom stereocenters. The third-order valence-electron chi connectivity index (χ3n) is 18.3. The molecule has 400 valence electrons. The number of nitrogens with zero attached hydrogens (tertiary/aromatic N) is 3. The van der Waals surface area contributed by atoms with E-state index in [0.29, 0.717) is 41.0 Å². The van der Waals surface area contributed by atoms with E-state index in [1.54, 1.807) is 6.33 Å². The molecular weight excluding hydrogens is 919 g/mol. The number of rotatable bonds is 15. The van der Waals surface area contributed by atoms with Crippen LogP contribution in [0.25, 0.3) is 16.7 Å². The fraction of sp³-hybridized carbons (Fsp3) is 0.515. The van der Waals surface area contributed by atoms with E-state index in [2.05, 4.69) is 190 Å². The van der Waals surface area contributed by atoms with Crippen LogP contribution in [-0.2, 0) is 32.2 Å². The molecule has 2 heterocycles. The summed E-state index contributed by atoms with van der Waals surface area (Å²) in [5, 5.41) is 26.0. The summed E-state index contributed by atoms with van der Waals surface area (Å²) in [5.41, 5.74) is 18.4. The third kappa shape index (κ3) is 13.0. The van der Waals surface area contributed by atoms with E-state index in [-0.39, 0.29) is 6.04 Å². The molecule has 9 heteroatoms. The largest absolute Gasteiger partial charge is 0.370 e. The van der Waals surface area contributed by atoms with Gasteiger partial charge >= 0.3 is 0 Å². The minimum absolute atomic E-state index is 0.262. The van der Waals surface area contributed by atoms with Crippen molar-refractivity contribution in [2.45, 2.75) is 207 Å². The van der Waals surface area contributed by atoms with Crippen LogP contribution in [0.3, 0.4) is 0 Å². The maximum Gasteiger partial charge on any atom is 0.138 e. The Morgan fingerprint density at radius 2 is 0.960 bits per heavy atom. The Balaban J connectivity index is 0.000000138. The smallest absolute Gasteiger partial charge is 0.138 e. The molecule has 7 aliphatic rings. The van der Waals surface area contributed by atoms with Crippen LogP contribution in [0.15, 0.2) is 133 Å². The first-order chi connectivity index (χ1) is 36.0. The van der Waals surface area contributed by atoms with Crippen molar-refractivity contribution < 1.29 is 0 Å². The number of aryl methyl sites for hydroxylation is 1. The summed E-state index contributed by atoms with van der Waals surface area (Å²) in [5.74, 6) is 3.95. The van der Waals surface area contributed by atoms with Crippen molar-refractivity contribution in [3.63, 3.8) is 0 Å². The van der Waals surface area contributed by atoms with Gasteiger partial charge in [0.05, 0.1) is 24.0 Å². The molecule has 6 aliphatic carbocycles. The Morgan fingerprint density at radius 1 is 0.547 bits per heavy atom. The lowest BCUT2D eigenvalue weighted by Gasteiger charge is -2.39. The number of nitrogens with one attached hydrogen (secondary N) is 6. The van der Waals surface area contributed by atoms with Crippen LogP contribution in [0.4, 0.5) is 0 Å². The fourth-order valence-corrected chi connectivity index (χ4v) is 14.3. The van der Waals surface area contributed by atoms with E-state index >= 15 is 0 Å². The Kier molecular flexibility index (Phi) is 16.9. The maximum atomic E-state index is 4.30. The van der Waals surface area contributed by atoms with Crippen LogP contribution in [-0.4, -0.2) is 51.0 Å². The van der Waals surface area contributed by atoms with Gasteiger partial charge in [0.1, 0.15) is 12.2 Å². The Morgan fingerprint density at radius 3 is 1.41 bits per heavy atom. The standard InChI is InChI=1S/C24H34N2.C22H32N2.C20H25N5/c1-17-22-11-5-4-9-20(22)15-23(17)18(2)25-19(3)26-21-10-8-14-24(16-21)12-6-7-13-24;1-15-20-11-7-6-9-18(20)13-21(15)16(2)23-17(3)24-19-10-8-12-22(4,5)14-19;1-13-18-7-5-4-6-16(18)10-19(13)14(2)23-15(3)24-17-8-9-20-21-12-22-25(20)11-17/h4-5,9,11,18,21,25-26H,3,6-8,10,12-16H2,1-2H3;6-7,9,11,16,19,23-24H,3,8,10,12-14H2,1-2,4-5H3;4-7,12,14,17,23-24H,3,8-11H2,1-2H3. The van der Waals surface area contributed by atoms with E-state index in [0.717, 1.165) is 61.9 Å². The summed E-state index contributed by atoms with van der Waals surface area (Å²) >= 11 is 0. The van der Waals surface area contributed by atoms with Crippen molar-refractivity contribution in [3.8, 4) is 0 Å². The highest BCUT2D eigenvalue weighted by atomic mass is 15.3. The van der Waals surface area contributed by atoms with Gasteiger partial charge in [0, 0.05) is 42.7 Å². The van der Waals surface area contributed by atoms with E-state index in [1.807, 2.05) is 4.68 Å². The molecule has 0 radical (unpaired) electrons. The molecule has 3 saturated carbocycles. The van der Waals surface area contributed by atoms with Crippen LogP contribution in [0, 0.1) is 10.8 Å². The van der Waals surface area contributed by atoms with Crippen LogP contribution in [0.5, 0.6) is 0 Å². The first-order valence-corrected chi connectivity index (χ1v) is 28.9. The predicted octanol–water partition coefficient (Wildman–Crippen LogP) is 13.2. The first-order valence-electron chi connectivity index (χ1n) is 28.9. The number of allylic oxidation sites excluding steroid dienone is 3. The second-order valence-corrected chi connectivity index (χ2v) is 24.5. The molecule has 1 spiro atoms. The predicted molar refractivity (Wildman–Crippen MR) is 314 cm³/mol. The molecule has 11 rings (SSSR count). The van der Waals surface area contributed by atoms with Gasteiger partial charge in [0.15, 0.2) is 0 Å². The molecule has 75 heavy (non-hydrogen) atoms. The molecule has 0 saturated heterocycles. The average Bonchev–Trinajstić information content (AvgIpc) is 4.23. The molecule has 4 aromatic rings. The molecular formula is C66H91N9. The summed E-state index contributed by atoms with van der Waals surface area (Å²) in [4.78, 5) is 4.28. The van der Waals surface area contributed by atoms with Gasteiger partial charge in [-0.15, -0.1) is 0 Å². The Labute approximate surface area is 451 Å². The van der Waals surface area contributed by atoms with Gasteiger partial charge in [-0.3, -0.25) is 0 Å². The Bertz CT molecular complexity index is 2790. The molecule has 0 bridgehead atoms. The van der Waals surface area contributed by atoms with Crippen molar-refractivity contribution in [2.75, 3.05) is 0 Å². The van der Waals surface area contributed by atoms with Crippen LogP contribution in [0.1, 0.15) is 178 Å². The zero-order valence-corrected chi connectivity index (χ0v) is 47.2. The van der Waals surface area contributed by atoms with Gasteiger partial charge in [0.2, 0.25) is 0 Å². The van der Waals surface area contributed by atoms with Crippen molar-refractivity contribution in [2.24, 2.45) is 10.8 Å². The van der Waals surface area contributed by atoms with E-state index in [1.165, 1.54) is 144 Å². The lowest BCUT2D eigenvalue weighted by Crippen LogP contribution is -2.43. The quantitative estimate of drug-likeness (QED) is 0.0700. The van der Waals surface area contributed by atoms with Crippen molar-refractivity contribution >= 4 is 16.7 Å².